The Morgan fingerprint density at radius 1 is 0.867 bits per heavy atom. The average molecular weight is 199 g/mol. The molecule has 3 nitrogen and oxygen atoms in total. The molecule has 15 heavy (non-hydrogen) atoms. The molecule has 0 atom stereocenters. The summed E-state index contributed by atoms with van der Waals surface area (Å²) in [7, 11) is 0. The predicted octanol–water partition coefficient (Wildman–Crippen LogP) is 2.66. The molecule has 0 N–H and O–H groups in total. The first-order chi connectivity index (χ1) is 7.27. The molecule has 0 amide bonds. The molecule has 0 aliphatic heterocycles. The van der Waals surface area contributed by atoms with Gasteiger partial charge >= 0.3 is 0 Å². The van der Waals surface area contributed by atoms with Crippen LogP contribution in [-0.2, 0) is 0 Å². The Bertz CT molecular complexity index is 438. The highest BCUT2D eigenvalue weighted by Gasteiger charge is 2.03. The molecular weight excluding hydrogens is 186 g/mol. The standard InChI is InChI=1S/C12H13N3/c1-9(2)10-3-11(5-13-4-10)12-6-14-8-15-7-12/h3-9H,1-2H3. The van der Waals surface area contributed by atoms with E-state index < -0.39 is 0 Å². The number of pyridine rings is 1. The summed E-state index contributed by atoms with van der Waals surface area (Å²) in [6.07, 6.45) is 8.87. The van der Waals surface area contributed by atoms with E-state index in [-0.39, 0.29) is 0 Å². The summed E-state index contributed by atoms with van der Waals surface area (Å²) in [5.74, 6) is 0.488. The molecule has 0 bridgehead atoms. The van der Waals surface area contributed by atoms with Gasteiger partial charge in [-0.1, -0.05) is 13.8 Å². The van der Waals surface area contributed by atoms with Crippen LogP contribution in [0.3, 0.4) is 0 Å². The van der Waals surface area contributed by atoms with Gasteiger partial charge < -0.3 is 0 Å². The molecule has 76 valence electrons. The maximum absolute atomic E-state index is 4.23. The van der Waals surface area contributed by atoms with Gasteiger partial charge in [0.2, 0.25) is 0 Å². The lowest BCUT2D eigenvalue weighted by Gasteiger charge is -2.06. The van der Waals surface area contributed by atoms with Gasteiger partial charge in [-0.2, -0.15) is 0 Å². The first-order valence-electron chi connectivity index (χ1n) is 4.97. The third kappa shape index (κ3) is 2.18. The number of hydrogen-bond acceptors (Lipinski definition) is 3. The van der Waals surface area contributed by atoms with Crippen molar-refractivity contribution < 1.29 is 0 Å². The van der Waals surface area contributed by atoms with Crippen LogP contribution in [0.25, 0.3) is 11.1 Å². The Kier molecular flexibility index (Phi) is 2.72. The monoisotopic (exact) mass is 199 g/mol. The van der Waals surface area contributed by atoms with Crippen LogP contribution in [-0.4, -0.2) is 15.0 Å². The first-order valence-corrected chi connectivity index (χ1v) is 4.97. The molecule has 3 heteroatoms. The van der Waals surface area contributed by atoms with Crippen molar-refractivity contribution in [2.75, 3.05) is 0 Å². The van der Waals surface area contributed by atoms with Gasteiger partial charge in [0.1, 0.15) is 6.33 Å². The van der Waals surface area contributed by atoms with Gasteiger partial charge in [0.15, 0.2) is 0 Å². The quantitative estimate of drug-likeness (QED) is 0.746. The van der Waals surface area contributed by atoms with Crippen molar-refractivity contribution in [1.82, 2.24) is 15.0 Å². The van der Waals surface area contributed by atoms with E-state index in [2.05, 4.69) is 34.9 Å². The second kappa shape index (κ2) is 4.17. The molecule has 2 aromatic rings. The van der Waals surface area contributed by atoms with Crippen molar-refractivity contribution in [3.8, 4) is 11.1 Å². The topological polar surface area (TPSA) is 38.7 Å². The smallest absolute Gasteiger partial charge is 0.115 e. The van der Waals surface area contributed by atoms with Crippen LogP contribution in [0.15, 0.2) is 37.2 Å². The van der Waals surface area contributed by atoms with Crippen LogP contribution in [0.1, 0.15) is 25.3 Å². The zero-order chi connectivity index (χ0) is 10.7. The van der Waals surface area contributed by atoms with E-state index in [0.717, 1.165) is 11.1 Å². The lowest BCUT2D eigenvalue weighted by Crippen LogP contribution is -1.90. The third-order valence-corrected chi connectivity index (χ3v) is 2.32. The highest BCUT2D eigenvalue weighted by atomic mass is 14.8. The lowest BCUT2D eigenvalue weighted by molar-refractivity contribution is 0.858. The van der Waals surface area contributed by atoms with Crippen molar-refractivity contribution in [3.05, 3.63) is 42.7 Å². The summed E-state index contributed by atoms with van der Waals surface area (Å²) in [6.45, 7) is 4.31. The van der Waals surface area contributed by atoms with Crippen LogP contribution in [0.5, 0.6) is 0 Å². The SMILES string of the molecule is CC(C)c1cncc(-c2cncnc2)c1. The van der Waals surface area contributed by atoms with Gasteiger partial charge in [-0.3, -0.25) is 4.98 Å². The fourth-order valence-electron chi connectivity index (χ4n) is 1.38. The molecule has 2 heterocycles. The van der Waals surface area contributed by atoms with Crippen LogP contribution < -0.4 is 0 Å². The zero-order valence-electron chi connectivity index (χ0n) is 8.88. The van der Waals surface area contributed by atoms with Gasteiger partial charge in [-0.05, 0) is 17.5 Å². The fraction of sp³-hybridized carbons (Fsp3) is 0.250. The summed E-state index contributed by atoms with van der Waals surface area (Å²) in [4.78, 5) is 12.2. The van der Waals surface area contributed by atoms with E-state index in [0.29, 0.717) is 5.92 Å². The molecular formula is C12H13N3. The molecule has 0 aromatic carbocycles. The largest absolute Gasteiger partial charge is 0.264 e. The number of rotatable bonds is 2. The maximum atomic E-state index is 4.23. The minimum Gasteiger partial charge on any atom is -0.264 e. The van der Waals surface area contributed by atoms with Crippen molar-refractivity contribution in [3.63, 3.8) is 0 Å². The highest BCUT2D eigenvalue weighted by molar-refractivity contribution is 5.60. The summed E-state index contributed by atoms with van der Waals surface area (Å²) >= 11 is 0. The van der Waals surface area contributed by atoms with Crippen molar-refractivity contribution >= 4 is 0 Å². The molecule has 0 saturated carbocycles. The summed E-state index contributed by atoms with van der Waals surface area (Å²) in [6, 6.07) is 2.14. The van der Waals surface area contributed by atoms with Crippen LogP contribution >= 0.6 is 0 Å². The second-order valence-corrected chi connectivity index (χ2v) is 3.79. The van der Waals surface area contributed by atoms with Gasteiger partial charge in [0.05, 0.1) is 0 Å². The van der Waals surface area contributed by atoms with Crippen LogP contribution in [0.4, 0.5) is 0 Å². The summed E-state index contributed by atoms with van der Waals surface area (Å²) in [5, 5.41) is 0. The van der Waals surface area contributed by atoms with E-state index in [1.807, 2.05) is 12.4 Å². The highest BCUT2D eigenvalue weighted by Crippen LogP contribution is 2.21. The van der Waals surface area contributed by atoms with Crippen LogP contribution in [0, 0.1) is 0 Å². The number of aromatic nitrogens is 3. The average Bonchev–Trinajstić information content (AvgIpc) is 2.30. The van der Waals surface area contributed by atoms with E-state index in [4.69, 9.17) is 0 Å². The molecule has 0 aliphatic carbocycles. The second-order valence-electron chi connectivity index (χ2n) is 3.79. The number of hydrogen-bond donors (Lipinski definition) is 0. The minimum absolute atomic E-state index is 0.488. The molecule has 0 saturated heterocycles. The van der Waals surface area contributed by atoms with E-state index >= 15 is 0 Å². The first kappa shape index (κ1) is 9.77. The summed E-state index contributed by atoms with van der Waals surface area (Å²) in [5.41, 5.74) is 3.31. The normalized spacial score (nSPS) is 10.6. The van der Waals surface area contributed by atoms with Gasteiger partial charge in [0.25, 0.3) is 0 Å². The molecule has 0 spiro atoms. The van der Waals surface area contributed by atoms with E-state index in [1.54, 1.807) is 12.4 Å². The Hall–Kier alpha value is -1.77. The summed E-state index contributed by atoms with van der Waals surface area (Å²) < 4.78 is 0. The molecule has 0 unspecified atom stereocenters. The zero-order valence-corrected chi connectivity index (χ0v) is 8.88. The van der Waals surface area contributed by atoms with E-state index in [1.165, 1.54) is 11.9 Å². The van der Waals surface area contributed by atoms with E-state index in [9.17, 15) is 0 Å². The van der Waals surface area contributed by atoms with Gasteiger partial charge in [0, 0.05) is 35.9 Å². The molecule has 0 aliphatic rings. The molecule has 2 rings (SSSR count). The Balaban J connectivity index is 2.42. The molecule has 0 radical (unpaired) electrons. The maximum Gasteiger partial charge on any atom is 0.115 e. The Labute approximate surface area is 89.2 Å². The predicted molar refractivity (Wildman–Crippen MR) is 59.4 cm³/mol. The third-order valence-electron chi connectivity index (χ3n) is 2.32. The minimum atomic E-state index is 0.488. The van der Waals surface area contributed by atoms with Gasteiger partial charge in [-0.25, -0.2) is 9.97 Å². The molecule has 0 fully saturated rings. The Morgan fingerprint density at radius 3 is 2.20 bits per heavy atom. The van der Waals surface area contributed by atoms with Crippen molar-refractivity contribution in [2.24, 2.45) is 0 Å². The number of nitrogens with zero attached hydrogens (tertiary/aromatic N) is 3. The Morgan fingerprint density at radius 2 is 1.53 bits per heavy atom. The van der Waals surface area contributed by atoms with Crippen LogP contribution in [0.2, 0.25) is 0 Å². The van der Waals surface area contributed by atoms with Crippen molar-refractivity contribution in [1.29, 1.82) is 0 Å². The van der Waals surface area contributed by atoms with Gasteiger partial charge in [-0.15, -0.1) is 0 Å². The molecule has 2 aromatic heterocycles. The fourth-order valence-corrected chi connectivity index (χ4v) is 1.38. The van der Waals surface area contributed by atoms with Crippen molar-refractivity contribution in [2.45, 2.75) is 19.8 Å². The lowest BCUT2D eigenvalue weighted by atomic mass is 10.0.